The van der Waals surface area contributed by atoms with Crippen molar-refractivity contribution in [2.24, 2.45) is 11.8 Å². The Morgan fingerprint density at radius 1 is 0.917 bits per heavy atom. The second-order valence-corrected chi connectivity index (χ2v) is 12.5. The summed E-state index contributed by atoms with van der Waals surface area (Å²) in [6.45, 7) is 5.18. The number of piperidine rings is 3. The Labute approximate surface area is 219 Å². The zero-order valence-corrected chi connectivity index (χ0v) is 22.0. The Kier molecular flexibility index (Phi) is 7.00. The molecule has 2 atom stereocenters. The van der Waals surface area contributed by atoms with E-state index in [4.69, 9.17) is 9.72 Å². The first-order chi connectivity index (χ1) is 17.6. The molecule has 4 heterocycles. The molecular formula is C31H38N2O2S. The van der Waals surface area contributed by atoms with Crippen molar-refractivity contribution in [1.82, 2.24) is 4.98 Å². The van der Waals surface area contributed by atoms with Crippen molar-refractivity contribution < 1.29 is 14.3 Å². The molecule has 190 valence electrons. The summed E-state index contributed by atoms with van der Waals surface area (Å²) in [5.74, 6) is 0.811. The van der Waals surface area contributed by atoms with Gasteiger partial charge >= 0.3 is 0 Å². The van der Waals surface area contributed by atoms with Crippen LogP contribution >= 0.6 is 11.3 Å². The first kappa shape index (κ1) is 24.3. The average Bonchev–Trinajstić information content (AvgIpc) is 3.42. The monoisotopic (exact) mass is 502 g/mol. The van der Waals surface area contributed by atoms with Gasteiger partial charge in [-0.1, -0.05) is 98.3 Å². The van der Waals surface area contributed by atoms with Gasteiger partial charge in [0.1, 0.15) is 19.2 Å². The minimum Gasteiger partial charge on any atom is -0.841 e. The number of hydrogen-bond donors (Lipinski definition) is 0. The van der Waals surface area contributed by atoms with E-state index in [2.05, 4.69) is 30.3 Å². The van der Waals surface area contributed by atoms with Gasteiger partial charge in [0.15, 0.2) is 0 Å². The molecule has 4 aliphatic rings. The highest BCUT2D eigenvalue weighted by atomic mass is 32.1. The van der Waals surface area contributed by atoms with Crippen molar-refractivity contribution in [1.29, 1.82) is 0 Å². The van der Waals surface area contributed by atoms with Crippen LogP contribution in [0.1, 0.15) is 66.0 Å². The van der Waals surface area contributed by atoms with Gasteiger partial charge in [0.25, 0.3) is 0 Å². The predicted octanol–water partition coefficient (Wildman–Crippen LogP) is 5.65. The molecule has 3 aliphatic heterocycles. The van der Waals surface area contributed by atoms with E-state index in [9.17, 15) is 5.11 Å². The van der Waals surface area contributed by atoms with Gasteiger partial charge in [0.2, 0.25) is 0 Å². The van der Waals surface area contributed by atoms with Crippen molar-refractivity contribution in [3.05, 3.63) is 87.9 Å². The third-order valence-electron chi connectivity index (χ3n) is 9.09. The highest BCUT2D eigenvalue weighted by Crippen LogP contribution is 2.44. The number of rotatable bonds is 8. The molecular weight excluding hydrogens is 464 g/mol. The van der Waals surface area contributed by atoms with E-state index in [1.807, 2.05) is 36.5 Å². The Bertz CT molecular complexity index is 1120. The molecule has 1 aromatic heterocycles. The number of quaternary nitrogens is 1. The minimum atomic E-state index is -1.24. The van der Waals surface area contributed by atoms with Crippen molar-refractivity contribution in [2.75, 3.05) is 19.6 Å². The summed E-state index contributed by atoms with van der Waals surface area (Å²) in [4.78, 5) is 6.11. The SMILES string of the molecule is [O-][C@](c1ccccc1)(c1ncc(C[N+]23CCC(CC2)C(OCc2ccccc2)C3)s1)C1CCCCC1. The van der Waals surface area contributed by atoms with Crippen LogP contribution in [0.2, 0.25) is 0 Å². The smallest absolute Gasteiger partial charge is 0.115 e. The second-order valence-electron chi connectivity index (χ2n) is 11.4. The van der Waals surface area contributed by atoms with E-state index in [1.54, 1.807) is 11.3 Å². The second kappa shape index (κ2) is 10.4. The molecule has 1 aliphatic carbocycles. The number of ether oxygens (including phenoxy) is 1. The van der Waals surface area contributed by atoms with Gasteiger partial charge in [-0.3, -0.25) is 0 Å². The summed E-state index contributed by atoms with van der Waals surface area (Å²) >= 11 is 1.68. The highest BCUT2D eigenvalue weighted by Gasteiger charge is 2.47. The maximum absolute atomic E-state index is 14.7. The van der Waals surface area contributed by atoms with E-state index in [0.717, 1.165) is 53.8 Å². The van der Waals surface area contributed by atoms with Crippen LogP contribution in [0.3, 0.4) is 0 Å². The molecule has 1 saturated carbocycles. The van der Waals surface area contributed by atoms with Gasteiger partial charge in [-0.2, -0.15) is 0 Å². The topological polar surface area (TPSA) is 45.2 Å². The third kappa shape index (κ3) is 4.79. The van der Waals surface area contributed by atoms with Gasteiger partial charge in [-0.15, -0.1) is 11.3 Å². The summed E-state index contributed by atoms with van der Waals surface area (Å²) in [5.41, 5.74) is 0.905. The van der Waals surface area contributed by atoms with Crippen LogP contribution in [0.25, 0.3) is 0 Å². The number of benzene rings is 2. The van der Waals surface area contributed by atoms with Crippen LogP contribution in [0, 0.1) is 11.8 Å². The summed E-state index contributed by atoms with van der Waals surface area (Å²) in [6.07, 6.45) is 10.4. The molecule has 1 unspecified atom stereocenters. The fraction of sp³-hybridized carbons (Fsp3) is 0.516. The molecule has 0 amide bonds. The molecule has 36 heavy (non-hydrogen) atoms. The van der Waals surface area contributed by atoms with Crippen LogP contribution in [-0.2, 0) is 23.5 Å². The molecule has 0 N–H and O–H groups in total. The lowest BCUT2D eigenvalue weighted by Crippen LogP contribution is -2.63. The van der Waals surface area contributed by atoms with Crippen LogP contribution in [0.15, 0.2) is 66.9 Å². The number of aromatic nitrogens is 1. The van der Waals surface area contributed by atoms with Crippen LogP contribution < -0.4 is 5.11 Å². The minimum absolute atomic E-state index is 0.126. The Morgan fingerprint density at radius 3 is 2.33 bits per heavy atom. The van der Waals surface area contributed by atoms with Gasteiger partial charge in [-0.05, 0) is 17.1 Å². The molecule has 2 bridgehead atoms. The summed E-state index contributed by atoms with van der Waals surface area (Å²) in [6, 6.07) is 20.6. The van der Waals surface area contributed by atoms with Crippen LogP contribution in [0.5, 0.6) is 0 Å². The lowest BCUT2D eigenvalue weighted by molar-refractivity contribution is -0.958. The molecule has 0 spiro atoms. The number of thiazole rings is 1. The van der Waals surface area contributed by atoms with Crippen molar-refractivity contribution >= 4 is 11.3 Å². The lowest BCUT2D eigenvalue weighted by atomic mass is 9.73. The molecule has 3 aromatic rings. The van der Waals surface area contributed by atoms with Gasteiger partial charge < -0.3 is 14.3 Å². The number of hydrogen-bond acceptors (Lipinski definition) is 4. The van der Waals surface area contributed by atoms with Crippen LogP contribution in [-0.4, -0.2) is 35.2 Å². The molecule has 4 fully saturated rings. The molecule has 4 nitrogen and oxygen atoms in total. The fourth-order valence-electron chi connectivity index (χ4n) is 7.02. The summed E-state index contributed by atoms with van der Waals surface area (Å²) < 4.78 is 7.57. The molecule has 0 radical (unpaired) electrons. The molecule has 7 rings (SSSR count). The van der Waals surface area contributed by atoms with Crippen LogP contribution in [0.4, 0.5) is 0 Å². The van der Waals surface area contributed by atoms with E-state index in [1.165, 1.54) is 42.8 Å². The van der Waals surface area contributed by atoms with Crippen molar-refractivity contribution in [3.63, 3.8) is 0 Å². The van der Waals surface area contributed by atoms with Gasteiger partial charge in [-0.25, -0.2) is 4.98 Å². The lowest BCUT2D eigenvalue weighted by Gasteiger charge is -2.52. The maximum Gasteiger partial charge on any atom is 0.115 e. The number of nitrogens with zero attached hydrogens (tertiary/aromatic N) is 2. The maximum atomic E-state index is 14.7. The first-order valence-corrected chi connectivity index (χ1v) is 14.7. The van der Waals surface area contributed by atoms with Gasteiger partial charge in [0.05, 0.1) is 29.6 Å². The standard InChI is InChI=1S/C31H38N2O2S/c34-31(26-12-6-2-7-13-26,27-14-8-3-9-15-27)30-32-20-28(36-30)21-33-18-16-25(17-19-33)29(22-33)35-23-24-10-4-1-5-11-24/h1-2,4-7,10-13,20,25,27,29H,3,8-9,14-19,21-23H2/t25?,29?,31-,33?/m0/s1. The van der Waals surface area contributed by atoms with E-state index in [-0.39, 0.29) is 5.92 Å². The zero-order chi connectivity index (χ0) is 24.4. The Balaban J connectivity index is 1.20. The molecule has 5 heteroatoms. The Hall–Kier alpha value is -2.05. The Morgan fingerprint density at radius 2 is 1.61 bits per heavy atom. The molecule has 2 aromatic carbocycles. The molecule has 3 saturated heterocycles. The normalized spacial score (nSPS) is 28.1. The van der Waals surface area contributed by atoms with E-state index >= 15 is 0 Å². The third-order valence-corrected chi connectivity index (χ3v) is 10.2. The summed E-state index contributed by atoms with van der Waals surface area (Å²) in [5, 5.41) is 15.5. The fourth-order valence-corrected chi connectivity index (χ4v) is 8.25. The predicted molar refractivity (Wildman–Crippen MR) is 142 cm³/mol. The largest absolute Gasteiger partial charge is 0.841 e. The van der Waals surface area contributed by atoms with Crippen molar-refractivity contribution in [3.8, 4) is 0 Å². The quantitative estimate of drug-likeness (QED) is 0.374. The zero-order valence-electron chi connectivity index (χ0n) is 21.2. The first-order valence-electron chi connectivity index (χ1n) is 13.9. The van der Waals surface area contributed by atoms with E-state index in [0.29, 0.717) is 18.6 Å². The number of fused-ring (bicyclic) bond motifs is 3. The van der Waals surface area contributed by atoms with Gasteiger partial charge in [0, 0.05) is 25.0 Å². The van der Waals surface area contributed by atoms with E-state index < -0.39 is 5.60 Å². The van der Waals surface area contributed by atoms with Crippen molar-refractivity contribution in [2.45, 2.75) is 69.8 Å². The average molecular weight is 503 g/mol. The highest BCUT2D eigenvalue weighted by molar-refractivity contribution is 7.11. The summed E-state index contributed by atoms with van der Waals surface area (Å²) in [7, 11) is 0.